The van der Waals surface area contributed by atoms with E-state index in [9.17, 15) is 8.42 Å². The first-order chi connectivity index (χ1) is 7.58. The number of rotatable bonds is 3. The molecule has 0 saturated heterocycles. The van der Waals surface area contributed by atoms with E-state index in [4.69, 9.17) is 0 Å². The zero-order valence-corrected chi connectivity index (χ0v) is 9.44. The number of aryl methyl sites for hydroxylation is 1. The summed E-state index contributed by atoms with van der Waals surface area (Å²) in [7, 11) is -3.38. The molecule has 84 valence electrons. The largest absolute Gasteiger partial charge is 0.343 e. The van der Waals surface area contributed by atoms with Crippen molar-refractivity contribution in [1.82, 2.24) is 10.1 Å². The summed E-state index contributed by atoms with van der Waals surface area (Å²) < 4.78 is 28.3. The first-order valence-corrected chi connectivity index (χ1v) is 6.28. The van der Waals surface area contributed by atoms with Gasteiger partial charge in [0.05, 0.1) is 4.90 Å². The zero-order chi connectivity index (χ0) is 11.6. The molecule has 0 radical (unpaired) electrons. The van der Waals surface area contributed by atoms with E-state index in [1.165, 1.54) is 0 Å². The lowest BCUT2D eigenvalue weighted by atomic mass is 10.2. The van der Waals surface area contributed by atoms with E-state index in [0.717, 1.165) is 12.0 Å². The van der Waals surface area contributed by atoms with Gasteiger partial charge in [0, 0.05) is 0 Å². The third-order valence-electron chi connectivity index (χ3n) is 2.11. The molecule has 6 heteroatoms. The van der Waals surface area contributed by atoms with Crippen molar-refractivity contribution in [1.29, 1.82) is 0 Å². The second-order valence-corrected chi connectivity index (χ2v) is 5.41. The molecule has 0 aliphatic rings. The molecule has 1 aromatic heterocycles. The average Bonchev–Trinajstić information content (AvgIpc) is 2.70. The molecule has 0 aliphatic heterocycles. The van der Waals surface area contributed by atoms with Crippen LogP contribution < -0.4 is 0 Å². The molecule has 0 fully saturated rings. The Labute approximate surface area is 93.0 Å². The molecule has 2 aromatic rings. The SMILES string of the molecule is Cc1ccc(S(=O)(=O)Cc2ncon2)cc1. The second kappa shape index (κ2) is 4.05. The highest BCUT2D eigenvalue weighted by Gasteiger charge is 2.17. The molecule has 0 aliphatic carbocycles. The van der Waals surface area contributed by atoms with Crippen LogP contribution in [0.25, 0.3) is 0 Å². The molecule has 5 nitrogen and oxygen atoms in total. The summed E-state index contributed by atoms with van der Waals surface area (Å²) in [6.07, 6.45) is 1.11. The van der Waals surface area contributed by atoms with Crippen molar-refractivity contribution in [3.8, 4) is 0 Å². The maximum Gasteiger partial charge on any atom is 0.213 e. The summed E-state index contributed by atoms with van der Waals surface area (Å²) in [4.78, 5) is 3.95. The van der Waals surface area contributed by atoms with Crippen LogP contribution in [0.5, 0.6) is 0 Å². The van der Waals surface area contributed by atoms with Gasteiger partial charge in [0.15, 0.2) is 15.7 Å². The predicted molar refractivity (Wildman–Crippen MR) is 56.4 cm³/mol. The van der Waals surface area contributed by atoms with Gasteiger partial charge in [-0.1, -0.05) is 22.9 Å². The Hall–Kier alpha value is -1.69. The summed E-state index contributed by atoms with van der Waals surface area (Å²) >= 11 is 0. The van der Waals surface area contributed by atoms with Gasteiger partial charge in [-0.05, 0) is 19.1 Å². The fraction of sp³-hybridized carbons (Fsp3) is 0.200. The number of hydrogen-bond acceptors (Lipinski definition) is 5. The van der Waals surface area contributed by atoms with E-state index in [1.54, 1.807) is 24.3 Å². The summed E-state index contributed by atoms with van der Waals surface area (Å²) in [6.45, 7) is 1.90. The first-order valence-electron chi connectivity index (χ1n) is 4.62. The fourth-order valence-electron chi connectivity index (χ4n) is 1.25. The van der Waals surface area contributed by atoms with Crippen LogP contribution in [0.2, 0.25) is 0 Å². The van der Waals surface area contributed by atoms with E-state index in [1.807, 2.05) is 6.92 Å². The molecule has 1 aromatic carbocycles. The van der Waals surface area contributed by atoms with Crippen LogP contribution in [0.1, 0.15) is 11.4 Å². The summed E-state index contributed by atoms with van der Waals surface area (Å²) in [5, 5.41) is 3.48. The number of benzene rings is 1. The van der Waals surface area contributed by atoms with Gasteiger partial charge in [-0.15, -0.1) is 0 Å². The van der Waals surface area contributed by atoms with Crippen molar-refractivity contribution < 1.29 is 12.9 Å². The minimum Gasteiger partial charge on any atom is -0.343 e. The van der Waals surface area contributed by atoms with Gasteiger partial charge < -0.3 is 4.52 Å². The number of aromatic nitrogens is 2. The highest BCUT2D eigenvalue weighted by Crippen LogP contribution is 2.15. The molecule has 0 spiro atoms. The minimum absolute atomic E-state index is 0.167. The van der Waals surface area contributed by atoms with Crippen molar-refractivity contribution in [3.05, 3.63) is 42.0 Å². The van der Waals surface area contributed by atoms with Crippen molar-refractivity contribution in [2.75, 3.05) is 0 Å². The smallest absolute Gasteiger partial charge is 0.213 e. The van der Waals surface area contributed by atoms with Crippen molar-refractivity contribution >= 4 is 9.84 Å². The minimum atomic E-state index is -3.38. The van der Waals surface area contributed by atoms with Gasteiger partial charge >= 0.3 is 0 Å². The van der Waals surface area contributed by atoms with Gasteiger partial charge in [-0.3, -0.25) is 0 Å². The first kappa shape index (κ1) is 10.8. The normalized spacial score (nSPS) is 11.6. The lowest BCUT2D eigenvalue weighted by Gasteiger charge is -2.01. The van der Waals surface area contributed by atoms with E-state index in [-0.39, 0.29) is 16.5 Å². The molecule has 0 atom stereocenters. The predicted octanol–water partition coefficient (Wildman–Crippen LogP) is 1.35. The van der Waals surface area contributed by atoms with Crippen molar-refractivity contribution in [2.45, 2.75) is 17.6 Å². The molecule has 0 unspecified atom stereocenters. The number of nitrogens with zero attached hydrogens (tertiary/aromatic N) is 2. The summed E-state index contributed by atoms with van der Waals surface area (Å²) in [6, 6.07) is 6.65. The van der Waals surface area contributed by atoms with Crippen LogP contribution in [-0.2, 0) is 15.6 Å². The standard InChI is InChI=1S/C10H10N2O3S/c1-8-2-4-9(5-3-8)16(13,14)6-10-11-7-15-12-10/h2-5,7H,6H2,1H3. The van der Waals surface area contributed by atoms with E-state index in [2.05, 4.69) is 14.7 Å². The van der Waals surface area contributed by atoms with Crippen LogP contribution >= 0.6 is 0 Å². The monoisotopic (exact) mass is 238 g/mol. The molecule has 16 heavy (non-hydrogen) atoms. The van der Waals surface area contributed by atoms with Gasteiger partial charge in [0.25, 0.3) is 0 Å². The molecular formula is C10H10N2O3S. The molecular weight excluding hydrogens is 228 g/mol. The molecule has 1 heterocycles. The molecule has 2 rings (SSSR count). The molecule has 0 saturated carbocycles. The summed E-state index contributed by atoms with van der Waals surface area (Å²) in [5.74, 6) is -0.0763. The third kappa shape index (κ3) is 2.27. The Bertz CT molecular complexity index is 559. The van der Waals surface area contributed by atoms with Crippen LogP contribution in [0.3, 0.4) is 0 Å². The van der Waals surface area contributed by atoms with Gasteiger partial charge in [-0.25, -0.2) is 8.42 Å². The quantitative estimate of drug-likeness (QED) is 0.807. The highest BCUT2D eigenvalue weighted by atomic mass is 32.2. The van der Waals surface area contributed by atoms with Crippen LogP contribution in [0, 0.1) is 6.92 Å². The molecule has 0 N–H and O–H groups in total. The summed E-state index contributed by atoms with van der Waals surface area (Å²) in [5.41, 5.74) is 1.01. The Kier molecular flexibility index (Phi) is 2.74. The number of hydrogen-bond donors (Lipinski definition) is 0. The van der Waals surface area contributed by atoms with E-state index >= 15 is 0 Å². The van der Waals surface area contributed by atoms with Crippen LogP contribution in [0.4, 0.5) is 0 Å². The maximum absolute atomic E-state index is 11.9. The Balaban J connectivity index is 2.29. The zero-order valence-electron chi connectivity index (χ0n) is 8.62. The van der Waals surface area contributed by atoms with Gasteiger partial charge in [0.1, 0.15) is 5.75 Å². The average molecular weight is 238 g/mol. The number of sulfone groups is 1. The van der Waals surface area contributed by atoms with Crippen LogP contribution in [0.15, 0.2) is 40.1 Å². The van der Waals surface area contributed by atoms with Gasteiger partial charge in [-0.2, -0.15) is 4.98 Å². The van der Waals surface area contributed by atoms with Crippen LogP contribution in [-0.4, -0.2) is 18.6 Å². The van der Waals surface area contributed by atoms with Gasteiger partial charge in [0.2, 0.25) is 6.39 Å². The second-order valence-electron chi connectivity index (χ2n) is 3.42. The third-order valence-corrected chi connectivity index (χ3v) is 3.73. The molecule has 0 bridgehead atoms. The van der Waals surface area contributed by atoms with Crippen molar-refractivity contribution in [2.24, 2.45) is 0 Å². The molecule has 0 amide bonds. The fourth-order valence-corrected chi connectivity index (χ4v) is 2.44. The lowest BCUT2D eigenvalue weighted by Crippen LogP contribution is -2.06. The lowest BCUT2D eigenvalue weighted by molar-refractivity contribution is 0.411. The van der Waals surface area contributed by atoms with E-state index in [0.29, 0.717) is 0 Å². The Morgan fingerprint density at radius 1 is 1.25 bits per heavy atom. The topological polar surface area (TPSA) is 73.1 Å². The van der Waals surface area contributed by atoms with Crippen molar-refractivity contribution in [3.63, 3.8) is 0 Å². The van der Waals surface area contributed by atoms with E-state index < -0.39 is 9.84 Å². The highest BCUT2D eigenvalue weighted by molar-refractivity contribution is 7.90. The Morgan fingerprint density at radius 3 is 2.50 bits per heavy atom. The maximum atomic E-state index is 11.9. The Morgan fingerprint density at radius 2 is 1.94 bits per heavy atom.